The van der Waals surface area contributed by atoms with Crippen molar-refractivity contribution < 1.29 is 0 Å². The zero-order valence-electron chi connectivity index (χ0n) is 25.9. The van der Waals surface area contributed by atoms with E-state index in [4.69, 9.17) is 12.2 Å². The zero-order chi connectivity index (χ0) is 29.2. The number of thiocarbonyl (C=S) groups is 1. The van der Waals surface area contributed by atoms with Gasteiger partial charge in [0.15, 0.2) is 5.11 Å². The maximum absolute atomic E-state index is 6.04. The van der Waals surface area contributed by atoms with E-state index in [1.54, 1.807) is 11.1 Å². The molecular formula is C37H49N3S. The van der Waals surface area contributed by atoms with Crippen LogP contribution in [0.1, 0.15) is 99.2 Å². The van der Waals surface area contributed by atoms with Gasteiger partial charge in [0, 0.05) is 6.54 Å². The van der Waals surface area contributed by atoms with E-state index in [1.807, 2.05) is 0 Å². The van der Waals surface area contributed by atoms with Crippen molar-refractivity contribution in [2.45, 2.75) is 83.2 Å². The summed E-state index contributed by atoms with van der Waals surface area (Å²) in [5.41, 5.74) is 7.59. The SMILES string of the molecule is CC(C)c1ccc2c(c1)CC[C@H]1[C@](C)(CNC(=S)N[C@H](c3ccccc3)[C@@H](c3ccccc3)N(C)C)CCC[C@]21C. The van der Waals surface area contributed by atoms with Gasteiger partial charge in [-0.25, -0.2) is 0 Å². The summed E-state index contributed by atoms with van der Waals surface area (Å²) in [5, 5.41) is 8.24. The summed E-state index contributed by atoms with van der Waals surface area (Å²) < 4.78 is 0. The molecule has 0 bridgehead atoms. The van der Waals surface area contributed by atoms with Gasteiger partial charge in [-0.2, -0.15) is 0 Å². The van der Waals surface area contributed by atoms with Crippen molar-refractivity contribution in [3.8, 4) is 0 Å². The van der Waals surface area contributed by atoms with Gasteiger partial charge in [0.2, 0.25) is 0 Å². The normalized spacial score (nSPS) is 25.2. The summed E-state index contributed by atoms with van der Waals surface area (Å²) in [4.78, 5) is 2.29. The molecule has 0 aliphatic heterocycles. The third-order valence-electron chi connectivity index (χ3n) is 10.3. The van der Waals surface area contributed by atoms with Crippen LogP contribution >= 0.6 is 12.2 Å². The molecule has 0 unspecified atom stereocenters. The summed E-state index contributed by atoms with van der Waals surface area (Å²) in [6.45, 7) is 10.6. The Morgan fingerprint density at radius 2 is 1.56 bits per heavy atom. The number of fused-ring (bicyclic) bond motifs is 3. The average molecular weight is 568 g/mol. The van der Waals surface area contributed by atoms with E-state index >= 15 is 0 Å². The summed E-state index contributed by atoms with van der Waals surface area (Å²) in [5.74, 6) is 1.22. The molecule has 218 valence electrons. The highest BCUT2D eigenvalue weighted by atomic mass is 32.1. The first-order chi connectivity index (χ1) is 19.6. The summed E-state index contributed by atoms with van der Waals surface area (Å²) in [7, 11) is 4.31. The molecule has 1 fully saturated rings. The number of aryl methyl sites for hydroxylation is 1. The predicted octanol–water partition coefficient (Wildman–Crippen LogP) is 8.33. The number of nitrogens with zero attached hydrogens (tertiary/aromatic N) is 1. The molecule has 1 saturated carbocycles. The maximum atomic E-state index is 6.04. The van der Waals surface area contributed by atoms with Gasteiger partial charge < -0.3 is 15.5 Å². The highest BCUT2D eigenvalue weighted by Crippen LogP contribution is 2.57. The lowest BCUT2D eigenvalue weighted by Crippen LogP contribution is -2.54. The fourth-order valence-electron chi connectivity index (χ4n) is 8.13. The predicted molar refractivity (Wildman–Crippen MR) is 177 cm³/mol. The number of rotatable bonds is 8. The topological polar surface area (TPSA) is 27.3 Å². The Hall–Kier alpha value is -2.69. The van der Waals surface area contributed by atoms with E-state index in [1.165, 1.54) is 48.8 Å². The number of likely N-dealkylation sites (N-methyl/N-ethyl adjacent to an activating group) is 1. The highest BCUT2D eigenvalue weighted by molar-refractivity contribution is 7.80. The molecule has 5 rings (SSSR count). The Morgan fingerprint density at radius 3 is 2.20 bits per heavy atom. The maximum Gasteiger partial charge on any atom is 0.166 e. The monoisotopic (exact) mass is 567 g/mol. The molecule has 4 heteroatoms. The van der Waals surface area contributed by atoms with Crippen LogP contribution in [0.3, 0.4) is 0 Å². The van der Waals surface area contributed by atoms with E-state index in [9.17, 15) is 0 Å². The molecule has 0 saturated heterocycles. The molecule has 0 radical (unpaired) electrons. The standard InChI is InChI=1S/C37H49N3S/c1-26(2)29-18-20-31-30(24-29)19-21-32-36(3,22-13-23-37(31,32)4)25-38-35(41)39-33(27-14-9-7-10-15-27)34(40(5)6)28-16-11-8-12-17-28/h7-12,14-18,20,24,26,32-34H,13,19,21-23,25H2,1-6H3,(H2,38,39,41)/t32-,33+,34+,36-,37+/m0/s1. The first-order valence-corrected chi connectivity index (χ1v) is 16.0. The Balaban J connectivity index is 1.35. The van der Waals surface area contributed by atoms with E-state index in [0.29, 0.717) is 11.8 Å². The summed E-state index contributed by atoms with van der Waals surface area (Å²) >= 11 is 6.04. The van der Waals surface area contributed by atoms with Gasteiger partial charge in [0.05, 0.1) is 12.1 Å². The number of nitrogens with one attached hydrogen (secondary N) is 2. The lowest BCUT2D eigenvalue weighted by molar-refractivity contribution is 0.0292. The lowest BCUT2D eigenvalue weighted by atomic mass is 9.49. The largest absolute Gasteiger partial charge is 0.362 e. The molecule has 2 aliphatic rings. The molecule has 2 aliphatic carbocycles. The van der Waals surface area contributed by atoms with Crippen molar-refractivity contribution in [1.29, 1.82) is 0 Å². The highest BCUT2D eigenvalue weighted by Gasteiger charge is 2.51. The number of hydrogen-bond donors (Lipinski definition) is 2. The van der Waals surface area contributed by atoms with Gasteiger partial charge in [0.25, 0.3) is 0 Å². The minimum absolute atomic E-state index is 0.0229. The average Bonchev–Trinajstić information content (AvgIpc) is 2.96. The van der Waals surface area contributed by atoms with Crippen LogP contribution in [0.4, 0.5) is 0 Å². The second-order valence-electron chi connectivity index (χ2n) is 13.6. The second kappa shape index (κ2) is 12.3. The van der Waals surface area contributed by atoms with Crippen LogP contribution in [0, 0.1) is 11.3 Å². The molecule has 41 heavy (non-hydrogen) atoms. The van der Waals surface area contributed by atoms with Gasteiger partial charge in [-0.3, -0.25) is 0 Å². The third-order valence-corrected chi connectivity index (χ3v) is 10.5. The van der Waals surface area contributed by atoms with Crippen molar-refractivity contribution in [2.24, 2.45) is 11.3 Å². The van der Waals surface area contributed by atoms with Crippen molar-refractivity contribution >= 4 is 17.3 Å². The fraction of sp³-hybridized carbons (Fsp3) is 0.486. The Morgan fingerprint density at radius 1 is 0.902 bits per heavy atom. The molecule has 3 aromatic carbocycles. The minimum atomic E-state index is 0.0229. The minimum Gasteiger partial charge on any atom is -0.362 e. The van der Waals surface area contributed by atoms with Crippen LogP contribution in [0.2, 0.25) is 0 Å². The smallest absolute Gasteiger partial charge is 0.166 e. The van der Waals surface area contributed by atoms with E-state index < -0.39 is 0 Å². The van der Waals surface area contributed by atoms with Crippen LogP contribution < -0.4 is 10.6 Å². The van der Waals surface area contributed by atoms with Crippen LogP contribution in [0.5, 0.6) is 0 Å². The van der Waals surface area contributed by atoms with Gasteiger partial charge in [-0.15, -0.1) is 0 Å². The van der Waals surface area contributed by atoms with Gasteiger partial charge in [-0.1, -0.05) is 113 Å². The lowest BCUT2D eigenvalue weighted by Gasteiger charge is -2.55. The van der Waals surface area contributed by atoms with Crippen molar-refractivity contribution in [2.75, 3.05) is 20.6 Å². The summed E-state index contributed by atoms with van der Waals surface area (Å²) in [6, 6.07) is 29.0. The molecule has 0 aromatic heterocycles. The quantitative estimate of drug-likeness (QED) is 0.268. The van der Waals surface area contributed by atoms with Crippen molar-refractivity contribution in [3.63, 3.8) is 0 Å². The van der Waals surface area contributed by atoms with Crippen LogP contribution in [-0.4, -0.2) is 30.7 Å². The van der Waals surface area contributed by atoms with Crippen LogP contribution in [0.25, 0.3) is 0 Å². The molecule has 3 nitrogen and oxygen atoms in total. The summed E-state index contributed by atoms with van der Waals surface area (Å²) in [6.07, 6.45) is 6.23. The van der Waals surface area contributed by atoms with E-state index in [-0.39, 0.29) is 22.9 Å². The Bertz CT molecular complexity index is 1320. The molecular weight excluding hydrogens is 518 g/mol. The zero-order valence-corrected chi connectivity index (χ0v) is 26.7. The first-order valence-electron chi connectivity index (χ1n) is 15.6. The number of benzene rings is 3. The molecule has 2 N–H and O–H groups in total. The van der Waals surface area contributed by atoms with Crippen LogP contribution in [-0.2, 0) is 11.8 Å². The molecule has 3 aromatic rings. The van der Waals surface area contributed by atoms with Gasteiger partial charge >= 0.3 is 0 Å². The van der Waals surface area contributed by atoms with Gasteiger partial charge in [0.1, 0.15) is 0 Å². The first kappa shape index (κ1) is 29.8. The molecule has 0 heterocycles. The Kier molecular flexibility index (Phi) is 8.92. The van der Waals surface area contributed by atoms with Gasteiger partial charge in [-0.05, 0) is 102 Å². The van der Waals surface area contributed by atoms with Crippen molar-refractivity contribution in [3.05, 3.63) is 107 Å². The molecule has 0 amide bonds. The Labute approximate surface area is 254 Å². The van der Waals surface area contributed by atoms with E-state index in [0.717, 1.165) is 11.7 Å². The molecule has 5 atom stereocenters. The number of hydrogen-bond acceptors (Lipinski definition) is 2. The molecule has 0 spiro atoms. The van der Waals surface area contributed by atoms with Crippen LogP contribution in [0.15, 0.2) is 78.9 Å². The third kappa shape index (κ3) is 6.10. The fourth-order valence-corrected chi connectivity index (χ4v) is 8.33. The second-order valence-corrected chi connectivity index (χ2v) is 14.0. The van der Waals surface area contributed by atoms with E-state index in [2.05, 4.69) is 136 Å². The van der Waals surface area contributed by atoms with Crippen molar-refractivity contribution in [1.82, 2.24) is 15.5 Å².